The summed E-state index contributed by atoms with van der Waals surface area (Å²) in [7, 11) is 0. The molecule has 1 aromatic carbocycles. The Kier molecular flexibility index (Phi) is 5.16. The van der Waals surface area contributed by atoms with Crippen LogP contribution in [0, 0.1) is 10.1 Å². The fourth-order valence-electron chi connectivity index (χ4n) is 2.17. The Hall–Kier alpha value is -3.23. The zero-order valence-corrected chi connectivity index (χ0v) is 13.8. The van der Waals surface area contributed by atoms with Crippen molar-refractivity contribution in [2.75, 3.05) is 0 Å². The van der Waals surface area contributed by atoms with Gasteiger partial charge in [-0.2, -0.15) is 5.10 Å². The summed E-state index contributed by atoms with van der Waals surface area (Å²) in [4.78, 5) is 33.1. The minimum absolute atomic E-state index is 0.0333. The number of hydrogen-bond acceptors (Lipinski definition) is 5. The lowest BCUT2D eigenvalue weighted by molar-refractivity contribution is -0.384. The third-order valence-electron chi connectivity index (χ3n) is 3.59. The smallest absolute Gasteiger partial charge is 0.303 e. The van der Waals surface area contributed by atoms with Crippen molar-refractivity contribution in [2.45, 2.75) is 32.2 Å². The second kappa shape index (κ2) is 7.12. The fourth-order valence-corrected chi connectivity index (χ4v) is 2.17. The molecule has 1 heterocycles. The molecule has 0 aliphatic carbocycles. The molecule has 1 amide bonds. The van der Waals surface area contributed by atoms with E-state index in [2.05, 4.69) is 10.4 Å². The summed E-state index contributed by atoms with van der Waals surface area (Å²) in [6.07, 6.45) is 3.13. The first-order chi connectivity index (χ1) is 11.7. The Labute approximate surface area is 143 Å². The highest BCUT2D eigenvalue weighted by Gasteiger charge is 2.23. The van der Waals surface area contributed by atoms with Gasteiger partial charge in [-0.1, -0.05) is 0 Å². The van der Waals surface area contributed by atoms with Crippen LogP contribution in [0.25, 0.3) is 5.69 Å². The molecule has 2 rings (SSSR count). The largest absolute Gasteiger partial charge is 0.481 e. The number of nitrogens with one attached hydrogen (secondary N) is 1. The summed E-state index contributed by atoms with van der Waals surface area (Å²) >= 11 is 0. The Balaban J connectivity index is 2.08. The maximum Gasteiger partial charge on any atom is 0.303 e. The summed E-state index contributed by atoms with van der Waals surface area (Å²) in [6.45, 7) is 3.49. The van der Waals surface area contributed by atoms with Crippen LogP contribution in [0.2, 0.25) is 0 Å². The number of nitrogens with zero attached hydrogens (tertiary/aromatic N) is 3. The van der Waals surface area contributed by atoms with Gasteiger partial charge in [0, 0.05) is 30.3 Å². The third-order valence-corrected chi connectivity index (χ3v) is 3.59. The second-order valence-corrected chi connectivity index (χ2v) is 6.18. The summed E-state index contributed by atoms with van der Waals surface area (Å²) in [6, 6.07) is 5.77. The predicted octanol–water partition coefficient (Wildman–Crippen LogP) is 2.15. The highest BCUT2D eigenvalue weighted by atomic mass is 16.6. The average Bonchev–Trinajstić information content (AvgIpc) is 3.03. The lowest BCUT2D eigenvalue weighted by Gasteiger charge is -2.25. The molecule has 132 valence electrons. The number of hydrogen-bond donors (Lipinski definition) is 2. The van der Waals surface area contributed by atoms with Crippen molar-refractivity contribution < 1.29 is 19.6 Å². The van der Waals surface area contributed by atoms with Crippen LogP contribution in [-0.2, 0) is 4.79 Å². The molecule has 9 nitrogen and oxygen atoms in total. The highest BCUT2D eigenvalue weighted by molar-refractivity contribution is 5.94. The molecule has 0 bridgehead atoms. The number of nitro groups is 1. The highest BCUT2D eigenvalue weighted by Crippen LogP contribution is 2.16. The molecular weight excluding hydrogens is 328 g/mol. The van der Waals surface area contributed by atoms with Gasteiger partial charge in [-0.05, 0) is 32.4 Å². The molecule has 9 heteroatoms. The Bertz CT molecular complexity index is 795. The molecule has 0 atom stereocenters. The van der Waals surface area contributed by atoms with Gasteiger partial charge in [-0.15, -0.1) is 0 Å². The van der Waals surface area contributed by atoms with E-state index in [-0.39, 0.29) is 18.0 Å². The van der Waals surface area contributed by atoms with Crippen LogP contribution < -0.4 is 5.32 Å². The first-order valence-electron chi connectivity index (χ1n) is 7.52. The standard InChI is InChI=1S/C16H18N4O5/c1-16(2,8-7-14(21)22)18-15(23)11-9-17-19(10-11)12-3-5-13(6-4-12)20(24)25/h3-6,9-10H,7-8H2,1-2H3,(H,18,23)(H,21,22). The van der Waals surface area contributed by atoms with Crippen molar-refractivity contribution in [3.8, 4) is 5.69 Å². The summed E-state index contributed by atoms with van der Waals surface area (Å²) in [5.74, 6) is -1.29. The van der Waals surface area contributed by atoms with Crippen molar-refractivity contribution in [1.82, 2.24) is 15.1 Å². The summed E-state index contributed by atoms with van der Waals surface area (Å²) < 4.78 is 1.43. The molecule has 0 saturated carbocycles. The first-order valence-corrected chi connectivity index (χ1v) is 7.52. The molecular formula is C16H18N4O5. The van der Waals surface area contributed by atoms with Crippen molar-refractivity contribution in [1.29, 1.82) is 0 Å². The number of aromatic nitrogens is 2. The van der Waals surface area contributed by atoms with E-state index in [1.165, 1.54) is 41.3 Å². The van der Waals surface area contributed by atoms with E-state index >= 15 is 0 Å². The van der Waals surface area contributed by atoms with Gasteiger partial charge in [-0.3, -0.25) is 19.7 Å². The van der Waals surface area contributed by atoms with Crippen LogP contribution in [-0.4, -0.2) is 37.2 Å². The van der Waals surface area contributed by atoms with Gasteiger partial charge in [-0.25, -0.2) is 4.68 Å². The van der Waals surface area contributed by atoms with E-state index in [0.29, 0.717) is 17.7 Å². The molecule has 2 N–H and O–H groups in total. The van der Waals surface area contributed by atoms with Crippen LogP contribution >= 0.6 is 0 Å². The van der Waals surface area contributed by atoms with E-state index in [0.717, 1.165) is 0 Å². The number of carbonyl (C=O) groups excluding carboxylic acids is 1. The van der Waals surface area contributed by atoms with E-state index in [4.69, 9.17) is 5.11 Å². The Morgan fingerprint density at radius 3 is 2.52 bits per heavy atom. The SMILES string of the molecule is CC(C)(CCC(=O)O)NC(=O)c1cnn(-c2ccc([N+](=O)[O-])cc2)c1. The maximum absolute atomic E-state index is 12.3. The molecule has 2 aromatic rings. The number of carboxylic acids is 1. The van der Waals surface area contributed by atoms with Crippen molar-refractivity contribution in [3.05, 3.63) is 52.3 Å². The average molecular weight is 346 g/mol. The molecule has 0 saturated heterocycles. The van der Waals surface area contributed by atoms with E-state index in [1.807, 2.05) is 0 Å². The minimum atomic E-state index is -0.923. The predicted molar refractivity (Wildman–Crippen MR) is 88.6 cm³/mol. The molecule has 0 spiro atoms. The van der Waals surface area contributed by atoms with Crippen LogP contribution in [0.1, 0.15) is 37.0 Å². The van der Waals surface area contributed by atoms with Crippen LogP contribution in [0.5, 0.6) is 0 Å². The zero-order chi connectivity index (χ0) is 18.6. The van der Waals surface area contributed by atoms with Gasteiger partial charge in [0.2, 0.25) is 0 Å². The molecule has 0 aliphatic rings. The molecule has 25 heavy (non-hydrogen) atoms. The lowest BCUT2D eigenvalue weighted by Crippen LogP contribution is -2.43. The van der Waals surface area contributed by atoms with Gasteiger partial charge in [0.25, 0.3) is 11.6 Å². The van der Waals surface area contributed by atoms with Gasteiger partial charge in [0.05, 0.1) is 22.4 Å². The number of carbonyl (C=O) groups is 2. The van der Waals surface area contributed by atoms with Gasteiger partial charge < -0.3 is 10.4 Å². The van der Waals surface area contributed by atoms with Crippen molar-refractivity contribution >= 4 is 17.6 Å². The van der Waals surface area contributed by atoms with Crippen molar-refractivity contribution in [3.63, 3.8) is 0 Å². The van der Waals surface area contributed by atoms with Crippen LogP contribution in [0.3, 0.4) is 0 Å². The molecule has 0 unspecified atom stereocenters. The topological polar surface area (TPSA) is 127 Å². The second-order valence-electron chi connectivity index (χ2n) is 6.18. The van der Waals surface area contributed by atoms with E-state index in [1.54, 1.807) is 13.8 Å². The molecule has 1 aromatic heterocycles. The fraction of sp³-hybridized carbons (Fsp3) is 0.312. The Morgan fingerprint density at radius 2 is 1.96 bits per heavy atom. The number of nitro benzene ring substituents is 1. The van der Waals surface area contributed by atoms with E-state index in [9.17, 15) is 19.7 Å². The van der Waals surface area contributed by atoms with Gasteiger partial charge >= 0.3 is 5.97 Å². The normalized spacial score (nSPS) is 11.1. The number of aliphatic carboxylic acids is 1. The third kappa shape index (κ3) is 4.87. The quantitative estimate of drug-likeness (QED) is 0.584. The number of rotatable bonds is 7. The van der Waals surface area contributed by atoms with Gasteiger partial charge in [0.15, 0.2) is 0 Å². The van der Waals surface area contributed by atoms with E-state index < -0.39 is 16.4 Å². The monoisotopic (exact) mass is 346 g/mol. The summed E-state index contributed by atoms with van der Waals surface area (Å²) in [5.41, 5.74) is 0.177. The summed E-state index contributed by atoms with van der Waals surface area (Å²) in [5, 5.41) is 26.3. The minimum Gasteiger partial charge on any atom is -0.481 e. The lowest BCUT2D eigenvalue weighted by atomic mass is 9.98. The number of benzene rings is 1. The van der Waals surface area contributed by atoms with Gasteiger partial charge in [0.1, 0.15) is 0 Å². The molecule has 0 aliphatic heterocycles. The number of carboxylic acid groups (broad SMARTS) is 1. The number of amides is 1. The van der Waals surface area contributed by atoms with Crippen molar-refractivity contribution in [2.24, 2.45) is 0 Å². The zero-order valence-electron chi connectivity index (χ0n) is 13.8. The molecule has 0 fully saturated rings. The molecule has 0 radical (unpaired) electrons. The van der Waals surface area contributed by atoms with Crippen LogP contribution in [0.4, 0.5) is 5.69 Å². The maximum atomic E-state index is 12.3. The first kappa shape index (κ1) is 18.1. The van der Waals surface area contributed by atoms with Crippen LogP contribution in [0.15, 0.2) is 36.7 Å². The number of non-ortho nitro benzene ring substituents is 1. The Morgan fingerprint density at radius 1 is 1.32 bits per heavy atom.